The number of hydrogen-bond donors (Lipinski definition) is 1. The summed E-state index contributed by atoms with van der Waals surface area (Å²) in [5.74, 6) is -0.274. The summed E-state index contributed by atoms with van der Waals surface area (Å²) in [5, 5.41) is 9.09. The lowest BCUT2D eigenvalue weighted by molar-refractivity contribution is -0.142. The minimum atomic E-state index is -3.54. The summed E-state index contributed by atoms with van der Waals surface area (Å²) in [5.41, 5.74) is 1.07. The average Bonchev–Trinajstić information content (AvgIpc) is 2.67. The number of aliphatic carboxylic acids is 1. The standard InChI is InChI=1S/C19H28N2O5S/c1-15-5-2-3-7-18(15)26-14-16-6-4-10-21(13-16)27(24,25)20-11-8-17(9-12-20)19(22)23/h2-3,5,7,16-17H,4,6,8-14H2,1H3,(H,22,23). The minimum Gasteiger partial charge on any atom is -0.493 e. The van der Waals surface area contributed by atoms with Crippen LogP contribution in [0.3, 0.4) is 0 Å². The van der Waals surface area contributed by atoms with E-state index in [9.17, 15) is 13.2 Å². The van der Waals surface area contributed by atoms with Crippen LogP contribution in [0.2, 0.25) is 0 Å². The van der Waals surface area contributed by atoms with Gasteiger partial charge in [-0.2, -0.15) is 17.0 Å². The fraction of sp³-hybridized carbons (Fsp3) is 0.632. The van der Waals surface area contributed by atoms with E-state index in [1.807, 2.05) is 31.2 Å². The molecule has 1 aromatic rings. The number of piperidine rings is 2. The Morgan fingerprint density at radius 2 is 1.85 bits per heavy atom. The molecule has 1 unspecified atom stereocenters. The molecule has 2 fully saturated rings. The van der Waals surface area contributed by atoms with Gasteiger partial charge < -0.3 is 9.84 Å². The number of carboxylic acid groups (broad SMARTS) is 1. The smallest absolute Gasteiger partial charge is 0.306 e. The molecule has 8 heteroatoms. The average molecular weight is 397 g/mol. The summed E-state index contributed by atoms with van der Waals surface area (Å²) in [4.78, 5) is 11.1. The topological polar surface area (TPSA) is 87.2 Å². The van der Waals surface area contributed by atoms with Crippen LogP contribution in [0.15, 0.2) is 24.3 Å². The Kier molecular flexibility index (Phi) is 6.39. The van der Waals surface area contributed by atoms with E-state index < -0.39 is 22.1 Å². The number of nitrogens with zero attached hydrogens (tertiary/aromatic N) is 2. The SMILES string of the molecule is Cc1ccccc1OCC1CCCN(S(=O)(=O)N2CCC(C(=O)O)CC2)C1. The summed E-state index contributed by atoms with van der Waals surface area (Å²) in [6, 6.07) is 7.82. The zero-order valence-corrected chi connectivity index (χ0v) is 16.5. The quantitative estimate of drug-likeness (QED) is 0.796. The first-order valence-corrected chi connectivity index (χ1v) is 10.9. The normalized spacial score (nSPS) is 23.2. The van der Waals surface area contributed by atoms with Gasteiger partial charge >= 0.3 is 5.97 Å². The van der Waals surface area contributed by atoms with Gasteiger partial charge in [-0.3, -0.25) is 4.79 Å². The van der Waals surface area contributed by atoms with Gasteiger partial charge in [-0.05, 0) is 44.2 Å². The van der Waals surface area contributed by atoms with Crippen molar-refractivity contribution in [3.63, 3.8) is 0 Å². The second-order valence-electron chi connectivity index (χ2n) is 7.46. The van der Waals surface area contributed by atoms with Gasteiger partial charge in [-0.15, -0.1) is 0 Å². The van der Waals surface area contributed by atoms with Crippen LogP contribution < -0.4 is 4.74 Å². The predicted molar refractivity (Wildman–Crippen MR) is 102 cm³/mol. The Bertz CT molecular complexity index is 759. The van der Waals surface area contributed by atoms with Crippen molar-refractivity contribution in [2.45, 2.75) is 32.6 Å². The molecule has 2 saturated heterocycles. The molecule has 0 spiro atoms. The van der Waals surface area contributed by atoms with E-state index in [1.54, 1.807) is 4.31 Å². The molecule has 0 aromatic heterocycles. The zero-order chi connectivity index (χ0) is 19.4. The van der Waals surface area contributed by atoms with E-state index in [4.69, 9.17) is 9.84 Å². The molecule has 2 aliphatic heterocycles. The molecule has 1 N–H and O–H groups in total. The highest BCUT2D eigenvalue weighted by Gasteiger charge is 2.37. The Labute approximate surface area is 161 Å². The monoisotopic (exact) mass is 396 g/mol. The molecule has 0 saturated carbocycles. The lowest BCUT2D eigenvalue weighted by Crippen LogP contribution is -2.51. The van der Waals surface area contributed by atoms with Crippen molar-refractivity contribution in [3.8, 4) is 5.75 Å². The molecule has 1 atom stereocenters. The highest BCUT2D eigenvalue weighted by molar-refractivity contribution is 7.86. The van der Waals surface area contributed by atoms with Gasteiger partial charge in [-0.1, -0.05) is 18.2 Å². The van der Waals surface area contributed by atoms with E-state index in [0.29, 0.717) is 32.5 Å². The van der Waals surface area contributed by atoms with Crippen LogP contribution in [0.25, 0.3) is 0 Å². The molecule has 0 amide bonds. The number of hydrogen-bond acceptors (Lipinski definition) is 4. The van der Waals surface area contributed by atoms with E-state index in [1.165, 1.54) is 4.31 Å². The van der Waals surface area contributed by atoms with Crippen LogP contribution in [0.5, 0.6) is 5.75 Å². The molecule has 0 bridgehead atoms. The van der Waals surface area contributed by atoms with Crippen LogP contribution in [-0.4, -0.2) is 60.9 Å². The Hall–Kier alpha value is -1.64. The third-order valence-electron chi connectivity index (χ3n) is 5.51. The molecule has 2 heterocycles. The summed E-state index contributed by atoms with van der Waals surface area (Å²) in [6.07, 6.45) is 2.51. The summed E-state index contributed by atoms with van der Waals surface area (Å²) in [6.45, 7) is 4.02. The summed E-state index contributed by atoms with van der Waals surface area (Å²) < 4.78 is 34.8. The van der Waals surface area contributed by atoms with Crippen molar-refractivity contribution in [2.75, 3.05) is 32.8 Å². The number of aryl methyl sites for hydroxylation is 1. The summed E-state index contributed by atoms with van der Waals surface area (Å²) in [7, 11) is -3.54. The van der Waals surface area contributed by atoms with Gasteiger partial charge in [0.05, 0.1) is 12.5 Å². The molecule has 150 valence electrons. The number of carboxylic acids is 1. The second-order valence-corrected chi connectivity index (χ2v) is 9.39. The van der Waals surface area contributed by atoms with Crippen LogP contribution in [0, 0.1) is 18.8 Å². The van der Waals surface area contributed by atoms with Crippen LogP contribution in [-0.2, 0) is 15.0 Å². The fourth-order valence-electron chi connectivity index (χ4n) is 3.80. The molecule has 7 nitrogen and oxygen atoms in total. The third kappa shape index (κ3) is 4.80. The summed E-state index contributed by atoms with van der Waals surface area (Å²) >= 11 is 0. The van der Waals surface area contributed by atoms with Gasteiger partial charge in [0.2, 0.25) is 0 Å². The maximum absolute atomic E-state index is 13.0. The van der Waals surface area contributed by atoms with E-state index in [-0.39, 0.29) is 19.0 Å². The van der Waals surface area contributed by atoms with Crippen molar-refractivity contribution in [1.82, 2.24) is 8.61 Å². The Morgan fingerprint density at radius 3 is 2.52 bits per heavy atom. The van der Waals surface area contributed by atoms with Gasteiger partial charge in [0.15, 0.2) is 0 Å². The lowest BCUT2D eigenvalue weighted by atomic mass is 9.99. The first kappa shape index (κ1) is 20.1. The van der Waals surface area contributed by atoms with Gasteiger partial charge in [0.1, 0.15) is 5.75 Å². The highest BCUT2D eigenvalue weighted by atomic mass is 32.2. The van der Waals surface area contributed by atoms with Crippen molar-refractivity contribution in [3.05, 3.63) is 29.8 Å². The van der Waals surface area contributed by atoms with Crippen molar-refractivity contribution in [2.24, 2.45) is 11.8 Å². The van der Waals surface area contributed by atoms with Crippen molar-refractivity contribution in [1.29, 1.82) is 0 Å². The molecule has 27 heavy (non-hydrogen) atoms. The van der Waals surface area contributed by atoms with Gasteiger partial charge in [0.25, 0.3) is 10.2 Å². The second kappa shape index (κ2) is 8.58. The molecular formula is C19H28N2O5S. The Balaban J connectivity index is 1.57. The van der Waals surface area contributed by atoms with Crippen molar-refractivity contribution < 1.29 is 23.1 Å². The molecule has 2 aliphatic rings. The molecule has 0 aliphatic carbocycles. The van der Waals surface area contributed by atoms with Crippen LogP contribution in [0.4, 0.5) is 0 Å². The zero-order valence-electron chi connectivity index (χ0n) is 15.7. The predicted octanol–water partition coefficient (Wildman–Crippen LogP) is 2.13. The molecule has 0 radical (unpaired) electrons. The van der Waals surface area contributed by atoms with Crippen molar-refractivity contribution >= 4 is 16.2 Å². The van der Waals surface area contributed by atoms with Gasteiger partial charge in [-0.25, -0.2) is 0 Å². The first-order valence-electron chi connectivity index (χ1n) is 9.54. The van der Waals surface area contributed by atoms with Crippen LogP contribution in [0.1, 0.15) is 31.2 Å². The minimum absolute atomic E-state index is 0.157. The first-order chi connectivity index (χ1) is 12.9. The number of benzene rings is 1. The molecule has 3 rings (SSSR count). The fourth-order valence-corrected chi connectivity index (χ4v) is 5.55. The Morgan fingerprint density at radius 1 is 1.15 bits per heavy atom. The van der Waals surface area contributed by atoms with E-state index in [2.05, 4.69) is 0 Å². The lowest BCUT2D eigenvalue weighted by Gasteiger charge is -2.37. The molecule has 1 aromatic carbocycles. The largest absolute Gasteiger partial charge is 0.493 e. The number of para-hydroxylation sites is 1. The van der Waals surface area contributed by atoms with E-state index in [0.717, 1.165) is 24.2 Å². The maximum Gasteiger partial charge on any atom is 0.306 e. The highest BCUT2D eigenvalue weighted by Crippen LogP contribution is 2.26. The molecular weight excluding hydrogens is 368 g/mol. The third-order valence-corrected chi connectivity index (χ3v) is 7.51. The number of rotatable bonds is 6. The van der Waals surface area contributed by atoms with E-state index >= 15 is 0 Å². The maximum atomic E-state index is 13.0. The number of ether oxygens (including phenoxy) is 1. The number of carbonyl (C=O) groups is 1. The van der Waals surface area contributed by atoms with Crippen LogP contribution >= 0.6 is 0 Å². The van der Waals surface area contributed by atoms with Gasteiger partial charge in [0, 0.05) is 32.1 Å².